The van der Waals surface area contributed by atoms with E-state index in [4.69, 9.17) is 14.5 Å². The van der Waals surface area contributed by atoms with Crippen LogP contribution < -0.4 is 14.8 Å². The van der Waals surface area contributed by atoms with Crippen LogP contribution in [0.4, 0.5) is 5.69 Å². The summed E-state index contributed by atoms with van der Waals surface area (Å²) in [6.45, 7) is 0. The molecule has 27 heavy (non-hydrogen) atoms. The first kappa shape index (κ1) is 15.7. The highest BCUT2D eigenvalue weighted by Crippen LogP contribution is 2.47. The summed E-state index contributed by atoms with van der Waals surface area (Å²) >= 11 is 0. The van der Waals surface area contributed by atoms with Crippen LogP contribution in [0.25, 0.3) is 27.1 Å². The molecule has 0 saturated carbocycles. The zero-order valence-corrected chi connectivity index (χ0v) is 15.1. The predicted molar refractivity (Wildman–Crippen MR) is 109 cm³/mol. The normalized spacial score (nSPS) is 12.6. The second-order valence-corrected chi connectivity index (χ2v) is 6.47. The molecule has 132 valence electrons. The lowest BCUT2D eigenvalue weighted by atomic mass is 9.91. The number of hydrogen-bond donors (Lipinski definition) is 1. The van der Waals surface area contributed by atoms with Crippen LogP contribution in [-0.4, -0.2) is 19.2 Å². The van der Waals surface area contributed by atoms with E-state index in [1.807, 2.05) is 24.5 Å². The predicted octanol–water partition coefficient (Wildman–Crippen LogP) is 5.22. The fourth-order valence-electron chi connectivity index (χ4n) is 3.88. The van der Waals surface area contributed by atoms with Gasteiger partial charge in [-0.1, -0.05) is 42.5 Å². The van der Waals surface area contributed by atoms with Crippen molar-refractivity contribution in [3.8, 4) is 11.5 Å². The Morgan fingerprint density at radius 1 is 0.889 bits per heavy atom. The molecule has 1 N–H and O–H groups in total. The van der Waals surface area contributed by atoms with Crippen LogP contribution in [0.5, 0.6) is 11.5 Å². The number of pyridine rings is 1. The van der Waals surface area contributed by atoms with E-state index >= 15 is 0 Å². The fraction of sp³-hybridized carbons (Fsp3) is 0.0870. The van der Waals surface area contributed by atoms with Gasteiger partial charge in [-0.25, -0.2) is 0 Å². The summed E-state index contributed by atoms with van der Waals surface area (Å²) in [5.74, 6) is 1.39. The lowest BCUT2D eigenvalue weighted by molar-refractivity contribution is 0.357. The number of fused-ring (bicyclic) bond motifs is 1. The molecule has 4 heteroatoms. The first-order chi connectivity index (χ1) is 13.3. The van der Waals surface area contributed by atoms with E-state index in [0.717, 1.165) is 33.3 Å². The number of hydrogen-bond acceptors (Lipinski definition) is 4. The molecular formula is C23H18N2O2. The van der Waals surface area contributed by atoms with Crippen molar-refractivity contribution in [3.63, 3.8) is 0 Å². The van der Waals surface area contributed by atoms with Gasteiger partial charge in [0.15, 0.2) is 11.5 Å². The summed E-state index contributed by atoms with van der Waals surface area (Å²) in [7, 11) is 3.31. The number of rotatable bonds is 3. The largest absolute Gasteiger partial charge is 0.493 e. The van der Waals surface area contributed by atoms with Crippen molar-refractivity contribution in [3.05, 3.63) is 78.3 Å². The number of anilines is 1. The highest BCUT2D eigenvalue weighted by Gasteiger charge is 2.24. The Morgan fingerprint density at radius 3 is 2.59 bits per heavy atom. The average Bonchev–Trinajstić information content (AvgIpc) is 2.73. The Balaban J connectivity index is 1.82. The van der Waals surface area contributed by atoms with Crippen molar-refractivity contribution in [2.75, 3.05) is 19.5 Å². The number of nitrogens with one attached hydrogen (secondary N) is 1. The zero-order valence-electron chi connectivity index (χ0n) is 15.1. The molecule has 2 heterocycles. The van der Waals surface area contributed by atoms with Crippen molar-refractivity contribution in [2.45, 2.75) is 0 Å². The highest BCUT2D eigenvalue weighted by atomic mass is 16.5. The maximum absolute atomic E-state index is 5.62. The van der Waals surface area contributed by atoms with Crippen molar-refractivity contribution in [1.82, 2.24) is 4.98 Å². The van der Waals surface area contributed by atoms with Crippen LogP contribution >= 0.6 is 0 Å². The van der Waals surface area contributed by atoms with Gasteiger partial charge in [-0.15, -0.1) is 0 Å². The summed E-state index contributed by atoms with van der Waals surface area (Å²) in [6, 6.07) is 18.8. The second-order valence-electron chi connectivity index (χ2n) is 6.47. The van der Waals surface area contributed by atoms with E-state index in [-0.39, 0.29) is 0 Å². The summed E-state index contributed by atoms with van der Waals surface area (Å²) in [5.41, 5.74) is 4.05. The van der Waals surface area contributed by atoms with Gasteiger partial charge in [0.05, 0.1) is 25.6 Å². The average molecular weight is 354 g/mol. The quantitative estimate of drug-likeness (QED) is 0.548. The SMILES string of the molecule is COc1cc2ccnc3c2c(c1OC)NC=C3c1cccc2ccccc12. The van der Waals surface area contributed by atoms with Crippen LogP contribution in [0.3, 0.4) is 0 Å². The molecule has 3 aromatic carbocycles. The van der Waals surface area contributed by atoms with Crippen molar-refractivity contribution in [2.24, 2.45) is 0 Å². The molecule has 0 fully saturated rings. The standard InChI is InChI=1S/C23H18N2O2/c1-26-19-12-15-10-11-24-21-18(13-25-22(20(15)21)23(19)27-2)17-9-5-7-14-6-3-4-8-16(14)17/h3-13,25H,1-2H3. The van der Waals surface area contributed by atoms with Gasteiger partial charge in [-0.3, -0.25) is 4.98 Å². The Morgan fingerprint density at radius 2 is 1.74 bits per heavy atom. The van der Waals surface area contributed by atoms with Gasteiger partial charge in [-0.05, 0) is 33.9 Å². The molecule has 4 aromatic rings. The second kappa shape index (κ2) is 6.02. The number of nitrogens with zero attached hydrogens (tertiary/aromatic N) is 1. The number of methoxy groups -OCH3 is 2. The first-order valence-electron chi connectivity index (χ1n) is 8.80. The minimum Gasteiger partial charge on any atom is -0.493 e. The molecule has 0 aliphatic carbocycles. The van der Waals surface area contributed by atoms with Crippen molar-refractivity contribution in [1.29, 1.82) is 0 Å². The highest BCUT2D eigenvalue weighted by molar-refractivity contribution is 6.11. The Labute approximate surface area is 157 Å². The van der Waals surface area contributed by atoms with E-state index in [1.165, 1.54) is 10.8 Å². The molecule has 1 aliphatic rings. The molecule has 5 rings (SSSR count). The molecule has 1 aliphatic heterocycles. The van der Waals surface area contributed by atoms with E-state index in [2.05, 4.69) is 47.8 Å². The van der Waals surface area contributed by atoms with Gasteiger partial charge in [-0.2, -0.15) is 0 Å². The topological polar surface area (TPSA) is 43.4 Å². The van der Waals surface area contributed by atoms with Gasteiger partial charge >= 0.3 is 0 Å². The lowest BCUT2D eigenvalue weighted by Crippen LogP contribution is -2.07. The van der Waals surface area contributed by atoms with Crippen molar-refractivity contribution >= 4 is 32.8 Å². The van der Waals surface area contributed by atoms with Crippen LogP contribution in [0.15, 0.2) is 67.0 Å². The van der Waals surface area contributed by atoms with E-state index in [9.17, 15) is 0 Å². The third-order valence-corrected chi connectivity index (χ3v) is 5.09. The minimum atomic E-state index is 0.687. The van der Waals surface area contributed by atoms with E-state index in [1.54, 1.807) is 14.2 Å². The smallest absolute Gasteiger partial charge is 0.185 e. The summed E-state index contributed by atoms with van der Waals surface area (Å²) in [6.07, 6.45) is 3.85. The van der Waals surface area contributed by atoms with Crippen LogP contribution in [-0.2, 0) is 0 Å². The molecule has 0 saturated heterocycles. The Bertz CT molecular complexity index is 1220. The molecule has 0 bridgehead atoms. The molecule has 0 spiro atoms. The summed E-state index contributed by atoms with van der Waals surface area (Å²) in [5, 5.41) is 7.94. The molecular weight excluding hydrogens is 336 g/mol. The number of ether oxygens (including phenoxy) is 2. The van der Waals surface area contributed by atoms with Crippen LogP contribution in [0, 0.1) is 0 Å². The maximum Gasteiger partial charge on any atom is 0.185 e. The van der Waals surface area contributed by atoms with Gasteiger partial charge < -0.3 is 14.8 Å². The number of aromatic nitrogens is 1. The first-order valence-corrected chi connectivity index (χ1v) is 8.80. The van der Waals surface area contributed by atoms with Gasteiger partial charge in [0.1, 0.15) is 0 Å². The van der Waals surface area contributed by atoms with Gasteiger partial charge in [0.25, 0.3) is 0 Å². The molecule has 1 aromatic heterocycles. The monoisotopic (exact) mass is 354 g/mol. The summed E-state index contributed by atoms with van der Waals surface area (Å²) < 4.78 is 11.1. The molecule has 0 atom stereocenters. The molecule has 0 unspecified atom stereocenters. The Kier molecular flexibility index (Phi) is 3.50. The molecule has 0 radical (unpaired) electrons. The zero-order chi connectivity index (χ0) is 18.4. The van der Waals surface area contributed by atoms with Gasteiger partial charge in [0.2, 0.25) is 0 Å². The Hall–Kier alpha value is -3.53. The lowest BCUT2D eigenvalue weighted by Gasteiger charge is -2.23. The third kappa shape index (κ3) is 2.27. The minimum absolute atomic E-state index is 0.687. The van der Waals surface area contributed by atoms with E-state index in [0.29, 0.717) is 11.5 Å². The van der Waals surface area contributed by atoms with Crippen LogP contribution in [0.1, 0.15) is 11.3 Å². The fourth-order valence-corrected chi connectivity index (χ4v) is 3.88. The van der Waals surface area contributed by atoms with Crippen LogP contribution in [0.2, 0.25) is 0 Å². The maximum atomic E-state index is 5.62. The summed E-state index contributed by atoms with van der Waals surface area (Å²) in [4.78, 5) is 4.73. The van der Waals surface area contributed by atoms with E-state index < -0.39 is 0 Å². The third-order valence-electron chi connectivity index (χ3n) is 5.09. The van der Waals surface area contributed by atoms with Gasteiger partial charge in [0, 0.05) is 23.4 Å². The number of benzene rings is 3. The molecule has 4 nitrogen and oxygen atoms in total. The van der Waals surface area contributed by atoms with Crippen molar-refractivity contribution < 1.29 is 9.47 Å². The molecule has 0 amide bonds.